The summed E-state index contributed by atoms with van der Waals surface area (Å²) in [4.78, 5) is 5.14. The first kappa shape index (κ1) is 27.4. The van der Waals surface area contributed by atoms with E-state index in [0.29, 0.717) is 6.17 Å². The van der Waals surface area contributed by atoms with Crippen molar-refractivity contribution in [3.63, 3.8) is 0 Å². The van der Waals surface area contributed by atoms with Gasteiger partial charge in [-0.15, -0.1) is 0 Å². The molecule has 0 amide bonds. The molecule has 0 aromatic rings. The van der Waals surface area contributed by atoms with Crippen LogP contribution in [0.3, 0.4) is 0 Å². The minimum atomic E-state index is 0.637. The van der Waals surface area contributed by atoms with Crippen molar-refractivity contribution in [3.05, 3.63) is 12.4 Å². The third kappa shape index (κ3) is 13.6. The van der Waals surface area contributed by atoms with Crippen LogP contribution in [-0.2, 0) is 0 Å². The second-order valence-electron chi connectivity index (χ2n) is 9.65. The van der Waals surface area contributed by atoms with Gasteiger partial charge in [0.2, 0.25) is 0 Å². The summed E-state index contributed by atoms with van der Waals surface area (Å²) in [7, 11) is 0. The second kappa shape index (κ2) is 20.3. The van der Waals surface area contributed by atoms with Crippen LogP contribution >= 0.6 is 0 Å². The van der Waals surface area contributed by atoms with Crippen molar-refractivity contribution < 1.29 is 0 Å². The van der Waals surface area contributed by atoms with Gasteiger partial charge in [-0.2, -0.15) is 0 Å². The number of rotatable bonds is 22. The molecule has 0 radical (unpaired) electrons. The summed E-state index contributed by atoms with van der Waals surface area (Å²) >= 11 is 0. The number of hydrogen-bond donors (Lipinski definition) is 0. The van der Waals surface area contributed by atoms with Crippen molar-refractivity contribution in [1.29, 1.82) is 0 Å². The molecule has 1 atom stereocenters. The molecule has 1 unspecified atom stereocenters. The van der Waals surface area contributed by atoms with Crippen LogP contribution in [0.15, 0.2) is 12.4 Å². The SMILES string of the molecule is CCCCCCCCCCCCCCCCCCN1C=CN(CC)C1CCCCC. The summed E-state index contributed by atoms with van der Waals surface area (Å²) in [5.41, 5.74) is 0. The van der Waals surface area contributed by atoms with Crippen molar-refractivity contribution in [2.24, 2.45) is 0 Å². The van der Waals surface area contributed by atoms with E-state index in [0.717, 1.165) is 6.54 Å². The highest BCUT2D eigenvalue weighted by Crippen LogP contribution is 2.22. The van der Waals surface area contributed by atoms with Crippen LogP contribution < -0.4 is 0 Å². The predicted octanol–water partition coefficient (Wildman–Crippen LogP) is 9.26. The quantitative estimate of drug-likeness (QED) is 0.161. The smallest absolute Gasteiger partial charge is 0.101 e. The van der Waals surface area contributed by atoms with E-state index in [1.54, 1.807) is 0 Å². The molecule has 30 heavy (non-hydrogen) atoms. The van der Waals surface area contributed by atoms with Crippen LogP contribution in [0.4, 0.5) is 0 Å². The molecule has 1 aliphatic rings. The average molecular weight is 421 g/mol. The van der Waals surface area contributed by atoms with E-state index >= 15 is 0 Å². The number of hydrogen-bond acceptors (Lipinski definition) is 2. The minimum Gasteiger partial charge on any atom is -0.356 e. The molecule has 178 valence electrons. The number of nitrogens with zero attached hydrogens (tertiary/aromatic N) is 2. The Morgan fingerprint density at radius 2 is 0.867 bits per heavy atom. The van der Waals surface area contributed by atoms with Gasteiger partial charge in [0, 0.05) is 25.5 Å². The molecule has 1 rings (SSSR count). The zero-order valence-corrected chi connectivity index (χ0v) is 21.2. The monoisotopic (exact) mass is 420 g/mol. The van der Waals surface area contributed by atoms with Gasteiger partial charge in [-0.05, 0) is 26.2 Å². The van der Waals surface area contributed by atoms with E-state index in [1.807, 2.05) is 0 Å². The molecule has 1 heterocycles. The summed E-state index contributed by atoms with van der Waals surface area (Å²) in [5, 5.41) is 0. The summed E-state index contributed by atoms with van der Waals surface area (Å²) in [6.07, 6.45) is 33.9. The van der Waals surface area contributed by atoms with E-state index in [9.17, 15) is 0 Å². The Morgan fingerprint density at radius 3 is 1.33 bits per heavy atom. The van der Waals surface area contributed by atoms with Gasteiger partial charge in [0.05, 0.1) is 0 Å². The molecule has 0 aromatic carbocycles. The van der Waals surface area contributed by atoms with Crippen molar-refractivity contribution in [3.8, 4) is 0 Å². The molecular weight excluding hydrogens is 364 g/mol. The van der Waals surface area contributed by atoms with E-state index in [1.165, 1.54) is 135 Å². The molecule has 0 aliphatic carbocycles. The first-order valence-corrected chi connectivity index (χ1v) is 14.0. The van der Waals surface area contributed by atoms with Gasteiger partial charge in [0.1, 0.15) is 6.17 Å². The topological polar surface area (TPSA) is 6.48 Å². The summed E-state index contributed by atoms with van der Waals surface area (Å²) < 4.78 is 0. The van der Waals surface area contributed by atoms with E-state index in [-0.39, 0.29) is 0 Å². The minimum absolute atomic E-state index is 0.637. The Balaban J connectivity index is 1.88. The molecular formula is C28H56N2. The molecule has 0 saturated carbocycles. The maximum atomic E-state index is 2.61. The van der Waals surface area contributed by atoms with Crippen molar-refractivity contribution >= 4 is 0 Å². The molecule has 1 aliphatic heterocycles. The highest BCUT2D eigenvalue weighted by atomic mass is 15.4. The maximum absolute atomic E-state index is 2.61. The van der Waals surface area contributed by atoms with Crippen LogP contribution in [-0.4, -0.2) is 29.1 Å². The lowest BCUT2D eigenvalue weighted by Gasteiger charge is -2.32. The predicted molar refractivity (Wildman–Crippen MR) is 136 cm³/mol. The first-order chi connectivity index (χ1) is 14.8. The van der Waals surface area contributed by atoms with Gasteiger partial charge in [-0.3, -0.25) is 0 Å². The van der Waals surface area contributed by atoms with Crippen LogP contribution in [0.25, 0.3) is 0 Å². The second-order valence-corrected chi connectivity index (χ2v) is 9.65. The Kier molecular flexibility index (Phi) is 18.5. The van der Waals surface area contributed by atoms with E-state index < -0.39 is 0 Å². The molecule has 0 spiro atoms. The van der Waals surface area contributed by atoms with Crippen molar-refractivity contribution in [2.75, 3.05) is 13.1 Å². The van der Waals surface area contributed by atoms with Crippen LogP contribution in [0, 0.1) is 0 Å². The Bertz CT molecular complexity index is 379. The molecule has 0 saturated heterocycles. The fourth-order valence-corrected chi connectivity index (χ4v) is 4.85. The maximum Gasteiger partial charge on any atom is 0.101 e. The van der Waals surface area contributed by atoms with E-state index in [2.05, 4.69) is 43.0 Å². The molecule has 0 bridgehead atoms. The van der Waals surface area contributed by atoms with Gasteiger partial charge in [-0.1, -0.05) is 123 Å². The van der Waals surface area contributed by atoms with Crippen molar-refractivity contribution in [2.45, 2.75) is 155 Å². The fourth-order valence-electron chi connectivity index (χ4n) is 4.85. The van der Waals surface area contributed by atoms with Gasteiger partial charge in [0.15, 0.2) is 0 Å². The highest BCUT2D eigenvalue weighted by Gasteiger charge is 2.23. The van der Waals surface area contributed by atoms with Gasteiger partial charge >= 0.3 is 0 Å². The van der Waals surface area contributed by atoms with Crippen LogP contribution in [0.1, 0.15) is 149 Å². The summed E-state index contributed by atoms with van der Waals surface area (Å²) in [5.74, 6) is 0. The van der Waals surface area contributed by atoms with Crippen LogP contribution in [0.5, 0.6) is 0 Å². The molecule has 0 fully saturated rings. The van der Waals surface area contributed by atoms with Gasteiger partial charge in [-0.25, -0.2) is 0 Å². The average Bonchev–Trinajstić information content (AvgIpc) is 3.15. The Hall–Kier alpha value is -0.660. The third-order valence-corrected chi connectivity index (χ3v) is 6.92. The molecule has 0 N–H and O–H groups in total. The Morgan fingerprint density at radius 1 is 0.467 bits per heavy atom. The van der Waals surface area contributed by atoms with Crippen LogP contribution in [0.2, 0.25) is 0 Å². The zero-order valence-electron chi connectivity index (χ0n) is 21.2. The Labute approximate surface area is 190 Å². The van der Waals surface area contributed by atoms with Gasteiger partial charge < -0.3 is 9.80 Å². The lowest BCUT2D eigenvalue weighted by molar-refractivity contribution is 0.142. The standard InChI is InChI=1S/C28H56N2/c1-4-7-9-10-11-12-13-14-15-16-17-18-19-20-21-23-25-30-27-26-29(6-3)28(30)24-22-8-5-2/h26-28H,4-25H2,1-3H3. The normalized spacial score (nSPS) is 16.2. The van der Waals surface area contributed by atoms with Gasteiger partial charge in [0.25, 0.3) is 0 Å². The fraction of sp³-hybridized carbons (Fsp3) is 0.929. The highest BCUT2D eigenvalue weighted by molar-refractivity contribution is 4.96. The zero-order chi connectivity index (χ0) is 21.7. The van der Waals surface area contributed by atoms with Crippen molar-refractivity contribution in [1.82, 2.24) is 9.80 Å². The third-order valence-electron chi connectivity index (χ3n) is 6.92. The summed E-state index contributed by atoms with van der Waals surface area (Å²) in [6.45, 7) is 9.29. The van der Waals surface area contributed by atoms with E-state index in [4.69, 9.17) is 0 Å². The lowest BCUT2D eigenvalue weighted by Crippen LogP contribution is -2.38. The molecule has 2 heteroatoms. The number of unbranched alkanes of at least 4 members (excludes halogenated alkanes) is 17. The molecule has 0 aromatic heterocycles. The lowest BCUT2D eigenvalue weighted by atomic mass is 10.0. The first-order valence-electron chi connectivity index (χ1n) is 14.0. The molecule has 2 nitrogen and oxygen atoms in total. The summed E-state index contributed by atoms with van der Waals surface area (Å²) in [6, 6.07) is 0. The largest absolute Gasteiger partial charge is 0.356 e.